The summed E-state index contributed by atoms with van der Waals surface area (Å²) in [6, 6.07) is 11.0. The summed E-state index contributed by atoms with van der Waals surface area (Å²) in [6.45, 7) is 4.84. The summed E-state index contributed by atoms with van der Waals surface area (Å²) < 4.78 is 0. The van der Waals surface area contributed by atoms with E-state index in [1.807, 2.05) is 31.2 Å². The van der Waals surface area contributed by atoms with Crippen LogP contribution in [-0.2, 0) is 6.54 Å². The molecule has 0 saturated carbocycles. The number of phenolic OH excluding ortho intramolecular Hbond substituents is 1. The zero-order chi connectivity index (χ0) is 16.2. The van der Waals surface area contributed by atoms with Gasteiger partial charge in [-0.05, 0) is 74.8 Å². The van der Waals surface area contributed by atoms with E-state index in [4.69, 9.17) is 11.6 Å². The highest BCUT2D eigenvalue weighted by Crippen LogP contribution is 2.31. The largest absolute Gasteiger partial charge is 0.507 e. The standard InChI is InChI=1S/C18H20ClN3O/c1-13-10-17(21-20-16-6-4-15(19)5-7-16)11-14(18(13)23)12-22-8-2-3-9-22/h4-7,10-11,23H,2-3,8-9,12H2,1H3. The van der Waals surface area contributed by atoms with E-state index in [1.165, 1.54) is 12.8 Å². The fourth-order valence-electron chi connectivity index (χ4n) is 2.82. The quantitative estimate of drug-likeness (QED) is 0.767. The summed E-state index contributed by atoms with van der Waals surface area (Å²) in [5.41, 5.74) is 3.24. The van der Waals surface area contributed by atoms with Crippen LogP contribution in [0.3, 0.4) is 0 Å². The molecule has 1 saturated heterocycles. The molecule has 0 unspecified atom stereocenters. The number of rotatable bonds is 4. The molecule has 1 aliphatic rings. The van der Waals surface area contributed by atoms with Crippen LogP contribution in [-0.4, -0.2) is 23.1 Å². The van der Waals surface area contributed by atoms with Crippen LogP contribution in [0.25, 0.3) is 0 Å². The van der Waals surface area contributed by atoms with Crippen molar-refractivity contribution < 1.29 is 5.11 Å². The minimum Gasteiger partial charge on any atom is -0.507 e. The monoisotopic (exact) mass is 329 g/mol. The van der Waals surface area contributed by atoms with Crippen LogP contribution >= 0.6 is 11.6 Å². The molecule has 3 rings (SSSR count). The first-order valence-electron chi connectivity index (χ1n) is 7.84. The van der Waals surface area contributed by atoms with Gasteiger partial charge in [0.1, 0.15) is 5.75 Å². The van der Waals surface area contributed by atoms with E-state index in [9.17, 15) is 5.11 Å². The van der Waals surface area contributed by atoms with Gasteiger partial charge in [-0.15, -0.1) is 0 Å². The Hall–Kier alpha value is -1.91. The molecule has 5 heteroatoms. The fourth-order valence-corrected chi connectivity index (χ4v) is 2.94. The third-order valence-corrected chi connectivity index (χ3v) is 4.32. The van der Waals surface area contributed by atoms with Crippen molar-refractivity contribution in [2.75, 3.05) is 13.1 Å². The lowest BCUT2D eigenvalue weighted by Crippen LogP contribution is -2.18. The van der Waals surface area contributed by atoms with Gasteiger partial charge in [0.2, 0.25) is 0 Å². The summed E-state index contributed by atoms with van der Waals surface area (Å²) >= 11 is 5.86. The molecular weight excluding hydrogens is 310 g/mol. The van der Waals surface area contributed by atoms with Crippen molar-refractivity contribution in [3.8, 4) is 5.75 Å². The Balaban J connectivity index is 1.81. The minimum atomic E-state index is 0.363. The Morgan fingerprint density at radius 3 is 2.39 bits per heavy atom. The third-order valence-electron chi connectivity index (χ3n) is 4.06. The maximum Gasteiger partial charge on any atom is 0.123 e. The number of hydrogen-bond donors (Lipinski definition) is 1. The lowest BCUT2D eigenvalue weighted by molar-refractivity contribution is 0.324. The summed E-state index contributed by atoms with van der Waals surface area (Å²) in [5.74, 6) is 0.363. The van der Waals surface area contributed by atoms with Crippen LogP contribution in [0.2, 0.25) is 5.02 Å². The molecule has 0 aliphatic carbocycles. The van der Waals surface area contributed by atoms with Crippen LogP contribution in [0.5, 0.6) is 5.75 Å². The maximum absolute atomic E-state index is 10.3. The average molecular weight is 330 g/mol. The van der Waals surface area contributed by atoms with Gasteiger partial charge in [-0.3, -0.25) is 4.90 Å². The van der Waals surface area contributed by atoms with Crippen LogP contribution in [0.4, 0.5) is 11.4 Å². The van der Waals surface area contributed by atoms with Crippen molar-refractivity contribution in [3.63, 3.8) is 0 Å². The molecule has 0 bridgehead atoms. The lowest BCUT2D eigenvalue weighted by Gasteiger charge is -2.16. The number of azo groups is 1. The van der Waals surface area contributed by atoms with Crippen LogP contribution in [0.15, 0.2) is 46.6 Å². The molecule has 1 aliphatic heterocycles. The first kappa shape index (κ1) is 16.0. The SMILES string of the molecule is Cc1cc(N=Nc2ccc(Cl)cc2)cc(CN2CCCC2)c1O. The van der Waals surface area contributed by atoms with E-state index >= 15 is 0 Å². The van der Waals surface area contributed by atoms with Crippen LogP contribution in [0, 0.1) is 6.92 Å². The summed E-state index contributed by atoms with van der Waals surface area (Å²) in [5, 5.41) is 19.5. The average Bonchev–Trinajstić information content (AvgIpc) is 3.04. The van der Waals surface area contributed by atoms with E-state index in [0.717, 1.165) is 42.1 Å². The summed E-state index contributed by atoms with van der Waals surface area (Å²) in [7, 11) is 0. The van der Waals surface area contributed by atoms with Gasteiger partial charge in [0.15, 0.2) is 0 Å². The highest BCUT2D eigenvalue weighted by molar-refractivity contribution is 6.30. The molecule has 0 amide bonds. The second-order valence-corrected chi connectivity index (χ2v) is 6.37. The molecular formula is C18H20ClN3O. The predicted molar refractivity (Wildman–Crippen MR) is 93.0 cm³/mol. The smallest absolute Gasteiger partial charge is 0.123 e. The van der Waals surface area contributed by atoms with Crippen molar-refractivity contribution in [3.05, 3.63) is 52.5 Å². The van der Waals surface area contributed by atoms with Gasteiger partial charge < -0.3 is 5.11 Å². The zero-order valence-corrected chi connectivity index (χ0v) is 13.9. The number of halogens is 1. The number of aromatic hydroxyl groups is 1. The van der Waals surface area contributed by atoms with Crippen molar-refractivity contribution in [1.82, 2.24) is 4.90 Å². The molecule has 1 N–H and O–H groups in total. The molecule has 23 heavy (non-hydrogen) atoms. The molecule has 4 nitrogen and oxygen atoms in total. The van der Waals surface area contributed by atoms with Gasteiger partial charge >= 0.3 is 0 Å². The Morgan fingerprint density at radius 1 is 1.04 bits per heavy atom. The molecule has 0 aromatic heterocycles. The number of likely N-dealkylation sites (tertiary alicyclic amines) is 1. The molecule has 0 radical (unpaired) electrons. The number of benzene rings is 2. The number of aryl methyl sites for hydroxylation is 1. The molecule has 2 aromatic rings. The van der Waals surface area contributed by atoms with E-state index in [-0.39, 0.29) is 0 Å². The first-order valence-corrected chi connectivity index (χ1v) is 8.22. The van der Waals surface area contributed by atoms with E-state index < -0.39 is 0 Å². The molecule has 0 atom stereocenters. The van der Waals surface area contributed by atoms with Gasteiger partial charge in [-0.1, -0.05) is 11.6 Å². The highest BCUT2D eigenvalue weighted by atomic mass is 35.5. The molecule has 1 heterocycles. The number of nitrogens with zero attached hydrogens (tertiary/aromatic N) is 3. The highest BCUT2D eigenvalue weighted by Gasteiger charge is 2.15. The topological polar surface area (TPSA) is 48.2 Å². The lowest BCUT2D eigenvalue weighted by atomic mass is 10.1. The third kappa shape index (κ3) is 4.09. The van der Waals surface area contributed by atoms with Gasteiger partial charge in [-0.25, -0.2) is 0 Å². The number of phenols is 1. The maximum atomic E-state index is 10.3. The van der Waals surface area contributed by atoms with Crippen LogP contribution < -0.4 is 0 Å². The van der Waals surface area contributed by atoms with Gasteiger partial charge in [0.05, 0.1) is 11.4 Å². The number of hydrogen-bond acceptors (Lipinski definition) is 4. The van der Waals surface area contributed by atoms with Crippen molar-refractivity contribution in [1.29, 1.82) is 0 Å². The van der Waals surface area contributed by atoms with Gasteiger partial charge in [0.25, 0.3) is 0 Å². The Kier molecular flexibility index (Phi) is 4.94. The van der Waals surface area contributed by atoms with Crippen molar-refractivity contribution in [2.45, 2.75) is 26.3 Å². The van der Waals surface area contributed by atoms with E-state index in [0.29, 0.717) is 10.8 Å². The molecule has 0 spiro atoms. The fraction of sp³-hybridized carbons (Fsp3) is 0.333. The second kappa shape index (κ2) is 7.11. The molecule has 1 fully saturated rings. The predicted octanol–water partition coefficient (Wildman–Crippen LogP) is 5.37. The summed E-state index contributed by atoms with van der Waals surface area (Å²) in [6.07, 6.45) is 2.46. The molecule has 2 aromatic carbocycles. The Bertz CT molecular complexity index is 707. The zero-order valence-electron chi connectivity index (χ0n) is 13.2. The van der Waals surface area contributed by atoms with E-state index in [2.05, 4.69) is 15.1 Å². The van der Waals surface area contributed by atoms with Gasteiger partial charge in [-0.2, -0.15) is 10.2 Å². The van der Waals surface area contributed by atoms with Crippen LogP contribution in [0.1, 0.15) is 24.0 Å². The first-order chi connectivity index (χ1) is 11.1. The minimum absolute atomic E-state index is 0.363. The Labute approximate surface area is 141 Å². The summed E-state index contributed by atoms with van der Waals surface area (Å²) in [4.78, 5) is 2.36. The Morgan fingerprint density at radius 2 is 1.70 bits per heavy atom. The normalized spacial score (nSPS) is 15.6. The second-order valence-electron chi connectivity index (χ2n) is 5.93. The van der Waals surface area contributed by atoms with Crippen molar-refractivity contribution >= 4 is 23.0 Å². The van der Waals surface area contributed by atoms with Crippen molar-refractivity contribution in [2.24, 2.45) is 10.2 Å². The van der Waals surface area contributed by atoms with E-state index in [1.54, 1.807) is 12.1 Å². The molecule has 120 valence electrons. The van der Waals surface area contributed by atoms with Gasteiger partial charge in [0, 0.05) is 17.1 Å².